The van der Waals surface area contributed by atoms with Crippen molar-refractivity contribution in [1.29, 1.82) is 0 Å². The molecule has 0 radical (unpaired) electrons. The molecule has 4 rings (SSSR count). The first-order valence-corrected chi connectivity index (χ1v) is 11.3. The number of carbonyl (C=O) groups is 1. The molecule has 7 nitrogen and oxygen atoms in total. The third-order valence-corrected chi connectivity index (χ3v) is 6.71. The number of nitrogens with zero attached hydrogens (tertiary/aromatic N) is 1. The molecular weight excluding hydrogens is 502 g/mol. The molecule has 0 aliphatic carbocycles. The van der Waals surface area contributed by atoms with Crippen LogP contribution < -0.4 is 20.3 Å². The topological polar surface area (TPSA) is 84.8 Å². The summed E-state index contributed by atoms with van der Waals surface area (Å²) in [6, 6.07) is 11.0. The van der Waals surface area contributed by atoms with Crippen LogP contribution in [0.5, 0.6) is 11.5 Å². The lowest BCUT2D eigenvalue weighted by molar-refractivity contribution is 0.0959. The second kappa shape index (κ2) is 8.81. The van der Waals surface area contributed by atoms with Crippen molar-refractivity contribution in [2.24, 2.45) is 0 Å². The van der Waals surface area contributed by atoms with Crippen molar-refractivity contribution in [3.63, 3.8) is 0 Å². The Labute approximate surface area is 194 Å². The Kier molecular flexibility index (Phi) is 6.12. The van der Waals surface area contributed by atoms with Crippen LogP contribution in [-0.4, -0.2) is 36.1 Å². The van der Waals surface area contributed by atoms with Gasteiger partial charge in [-0.2, -0.15) is 0 Å². The predicted octanol–water partition coefficient (Wildman–Crippen LogP) is 4.32. The molecule has 2 N–H and O–H groups in total. The van der Waals surface area contributed by atoms with Gasteiger partial charge in [-0.15, -0.1) is 0 Å². The number of nitrogens with one attached hydrogen (secondary N) is 2. The largest absolute Gasteiger partial charge is 0.493 e. The smallest absolute Gasteiger partial charge is 0.265 e. The monoisotopic (exact) mass is 519 g/mol. The minimum Gasteiger partial charge on any atom is -0.493 e. The van der Waals surface area contributed by atoms with Crippen LogP contribution in [0.15, 0.2) is 45.7 Å². The fraction of sp³-hybridized carbons (Fsp3) is 0.190. The molecule has 0 fully saturated rings. The number of aromatic nitrogens is 2. The number of amides is 1. The molecule has 0 atom stereocenters. The van der Waals surface area contributed by atoms with Gasteiger partial charge in [0.25, 0.3) is 11.5 Å². The standard InChI is InChI=1S/C21H18BrN3O4S2/c1-28-15-6-3-11(9-16(15)29-2)7-8-23-20(27)17-18-24-19(26)13-10-12(22)4-5-14(13)25(18)21(30)31-17/h3-6,9-10H,7-8H2,1-2H3,(H,23,27)(H,24,26). The summed E-state index contributed by atoms with van der Waals surface area (Å²) < 4.78 is 13.6. The van der Waals surface area contributed by atoms with Gasteiger partial charge in [-0.05, 0) is 54.5 Å². The number of methoxy groups -OCH3 is 2. The average molecular weight is 520 g/mol. The van der Waals surface area contributed by atoms with Crippen LogP contribution in [0, 0.1) is 3.95 Å². The molecule has 2 heterocycles. The molecule has 0 saturated carbocycles. The minimum atomic E-state index is -0.286. The van der Waals surface area contributed by atoms with Crippen molar-refractivity contribution in [3.05, 3.63) is 65.6 Å². The Morgan fingerprint density at radius 1 is 1.19 bits per heavy atom. The van der Waals surface area contributed by atoms with Gasteiger partial charge in [0.1, 0.15) is 10.5 Å². The number of benzene rings is 2. The van der Waals surface area contributed by atoms with Crippen LogP contribution in [-0.2, 0) is 6.42 Å². The number of hydrogen-bond acceptors (Lipinski definition) is 6. The maximum atomic E-state index is 12.9. The second-order valence-electron chi connectivity index (χ2n) is 6.69. The number of aromatic amines is 1. The SMILES string of the molecule is COc1ccc(CCNC(=O)c2sc(=S)n3c2[nH]c(=O)c2cc(Br)ccc23)cc1OC. The summed E-state index contributed by atoms with van der Waals surface area (Å²) in [7, 11) is 3.17. The highest BCUT2D eigenvalue weighted by Gasteiger charge is 2.18. The molecule has 0 aliphatic rings. The van der Waals surface area contributed by atoms with Gasteiger partial charge in [-0.3, -0.25) is 14.0 Å². The van der Waals surface area contributed by atoms with Gasteiger partial charge in [0, 0.05) is 11.0 Å². The molecule has 2 aromatic carbocycles. The van der Waals surface area contributed by atoms with E-state index in [4.69, 9.17) is 21.7 Å². The van der Waals surface area contributed by atoms with Gasteiger partial charge < -0.3 is 19.8 Å². The number of thiazole rings is 1. The predicted molar refractivity (Wildman–Crippen MR) is 128 cm³/mol. The highest BCUT2D eigenvalue weighted by molar-refractivity contribution is 9.10. The zero-order valence-corrected chi connectivity index (χ0v) is 19.9. The van der Waals surface area contributed by atoms with E-state index in [1.54, 1.807) is 24.7 Å². The third kappa shape index (κ3) is 4.10. The van der Waals surface area contributed by atoms with E-state index in [9.17, 15) is 9.59 Å². The third-order valence-electron chi connectivity index (χ3n) is 4.84. The fourth-order valence-electron chi connectivity index (χ4n) is 3.36. The van der Waals surface area contributed by atoms with Crippen molar-refractivity contribution in [1.82, 2.24) is 14.7 Å². The molecule has 4 aromatic rings. The van der Waals surface area contributed by atoms with Gasteiger partial charge in [0.2, 0.25) is 0 Å². The zero-order chi connectivity index (χ0) is 22.1. The molecule has 0 unspecified atom stereocenters. The van der Waals surface area contributed by atoms with E-state index in [1.165, 1.54) is 11.3 Å². The first-order valence-electron chi connectivity index (χ1n) is 9.29. The van der Waals surface area contributed by atoms with E-state index in [0.717, 1.165) is 10.0 Å². The molecule has 0 spiro atoms. The molecule has 0 aliphatic heterocycles. The zero-order valence-electron chi connectivity index (χ0n) is 16.7. The maximum absolute atomic E-state index is 12.9. The maximum Gasteiger partial charge on any atom is 0.265 e. The first kappa shape index (κ1) is 21.5. The van der Waals surface area contributed by atoms with Gasteiger partial charge in [0.05, 0.1) is 25.1 Å². The quantitative estimate of drug-likeness (QED) is 0.370. The van der Waals surface area contributed by atoms with Crippen LogP contribution in [0.3, 0.4) is 0 Å². The molecule has 0 saturated heterocycles. The van der Waals surface area contributed by atoms with E-state index < -0.39 is 0 Å². The number of hydrogen-bond donors (Lipinski definition) is 2. The summed E-state index contributed by atoms with van der Waals surface area (Å²) in [6.07, 6.45) is 0.608. The Balaban J connectivity index is 1.59. The Morgan fingerprint density at radius 2 is 1.97 bits per heavy atom. The second-order valence-corrected chi connectivity index (χ2v) is 9.25. The lowest BCUT2D eigenvalue weighted by Crippen LogP contribution is -2.25. The first-order chi connectivity index (χ1) is 14.9. The van der Waals surface area contributed by atoms with E-state index in [2.05, 4.69) is 26.2 Å². The normalized spacial score (nSPS) is 11.1. The van der Waals surface area contributed by atoms with Crippen LogP contribution in [0.4, 0.5) is 0 Å². The molecular formula is C21H18BrN3O4S2. The number of H-pyrrole nitrogens is 1. The number of ether oxygens (including phenoxy) is 2. The van der Waals surface area contributed by atoms with E-state index >= 15 is 0 Å². The summed E-state index contributed by atoms with van der Waals surface area (Å²) in [5.74, 6) is 1.00. The van der Waals surface area contributed by atoms with E-state index in [1.807, 2.05) is 30.3 Å². The fourth-order valence-corrected chi connectivity index (χ4v) is 5.02. The molecule has 31 heavy (non-hydrogen) atoms. The highest BCUT2D eigenvalue weighted by Crippen LogP contribution is 2.28. The van der Waals surface area contributed by atoms with Crippen molar-refractivity contribution in [2.75, 3.05) is 20.8 Å². The number of carbonyl (C=O) groups excluding carboxylic acids is 1. The summed E-state index contributed by atoms with van der Waals surface area (Å²) in [5.41, 5.74) is 1.78. The molecule has 2 aromatic heterocycles. The Hall–Kier alpha value is -2.69. The Bertz CT molecular complexity index is 1420. The highest BCUT2D eigenvalue weighted by atomic mass is 79.9. The lowest BCUT2D eigenvalue weighted by atomic mass is 10.1. The van der Waals surface area contributed by atoms with Gasteiger partial charge in [-0.1, -0.05) is 33.3 Å². The van der Waals surface area contributed by atoms with Crippen molar-refractivity contribution in [3.8, 4) is 11.5 Å². The van der Waals surface area contributed by atoms with Crippen LogP contribution in [0.2, 0.25) is 0 Å². The van der Waals surface area contributed by atoms with E-state index in [-0.39, 0.29) is 11.5 Å². The summed E-state index contributed by atoms with van der Waals surface area (Å²) >= 11 is 10.0. The minimum absolute atomic E-state index is 0.275. The molecule has 160 valence electrons. The van der Waals surface area contributed by atoms with Gasteiger partial charge >= 0.3 is 0 Å². The van der Waals surface area contributed by atoms with Gasteiger partial charge in [0.15, 0.2) is 15.5 Å². The number of fused-ring (bicyclic) bond motifs is 3. The van der Waals surface area contributed by atoms with Crippen molar-refractivity contribution < 1.29 is 14.3 Å². The van der Waals surface area contributed by atoms with E-state index in [0.29, 0.717) is 49.8 Å². The molecule has 1 amide bonds. The summed E-state index contributed by atoms with van der Waals surface area (Å²) in [6.45, 7) is 0.413. The lowest BCUT2D eigenvalue weighted by Gasteiger charge is -2.10. The van der Waals surface area contributed by atoms with Crippen molar-refractivity contribution in [2.45, 2.75) is 6.42 Å². The summed E-state index contributed by atoms with van der Waals surface area (Å²) in [4.78, 5) is 28.6. The molecule has 0 bridgehead atoms. The Morgan fingerprint density at radius 3 is 2.71 bits per heavy atom. The number of rotatable bonds is 6. The van der Waals surface area contributed by atoms with Gasteiger partial charge in [-0.25, -0.2) is 0 Å². The van der Waals surface area contributed by atoms with Crippen molar-refractivity contribution >= 4 is 61.9 Å². The number of halogens is 1. The van der Waals surface area contributed by atoms with Crippen LogP contribution in [0.25, 0.3) is 16.6 Å². The summed E-state index contributed by atoms with van der Waals surface area (Å²) in [5, 5.41) is 3.40. The molecule has 10 heteroatoms. The van der Waals surface area contributed by atoms with Crippen LogP contribution in [0.1, 0.15) is 15.2 Å². The average Bonchev–Trinajstić information content (AvgIpc) is 3.10. The van der Waals surface area contributed by atoms with Crippen LogP contribution >= 0.6 is 39.5 Å².